The highest BCUT2D eigenvalue weighted by molar-refractivity contribution is 5.87. The van der Waals surface area contributed by atoms with Crippen molar-refractivity contribution in [2.45, 2.75) is 63.7 Å². The zero-order valence-electron chi connectivity index (χ0n) is 21.6. The third-order valence-corrected chi connectivity index (χ3v) is 5.49. The van der Waals surface area contributed by atoms with E-state index in [1.54, 1.807) is 45.0 Å². The summed E-state index contributed by atoms with van der Waals surface area (Å²) >= 11 is 0. The standard InChI is InChI=1S/C28H32N2O8/c1-17(32)29-23-20(30-27(35)38-28(2,3)4)15-22(36-25(23)21(33)16-31)26(34)37-24(18-11-7-5-8-12-18)19-13-9-6-10-14-19/h5-16,20-21,23-25,33H,1-4H3,(H,29,32)(H,30,35)/t20-,21+,23+,25-/m0/s1. The van der Waals surface area contributed by atoms with Crippen molar-refractivity contribution in [1.29, 1.82) is 0 Å². The molecule has 4 atom stereocenters. The van der Waals surface area contributed by atoms with Crippen LogP contribution in [0.3, 0.4) is 0 Å². The number of aliphatic hydroxyl groups excluding tert-OH is 1. The molecule has 2 aromatic carbocycles. The maximum absolute atomic E-state index is 13.4. The summed E-state index contributed by atoms with van der Waals surface area (Å²) in [7, 11) is 0. The van der Waals surface area contributed by atoms with E-state index in [1.165, 1.54) is 13.0 Å². The van der Waals surface area contributed by atoms with Crippen molar-refractivity contribution in [2.75, 3.05) is 0 Å². The van der Waals surface area contributed by atoms with E-state index in [-0.39, 0.29) is 12.0 Å². The molecule has 3 N–H and O–H groups in total. The van der Waals surface area contributed by atoms with Gasteiger partial charge in [-0.25, -0.2) is 9.59 Å². The largest absolute Gasteiger partial charge is 0.478 e. The summed E-state index contributed by atoms with van der Waals surface area (Å²) in [6.45, 7) is 6.25. The van der Waals surface area contributed by atoms with Crippen LogP contribution in [0.1, 0.15) is 44.9 Å². The number of benzene rings is 2. The van der Waals surface area contributed by atoms with Gasteiger partial charge in [-0.2, -0.15) is 0 Å². The van der Waals surface area contributed by atoms with E-state index in [1.807, 2.05) is 36.4 Å². The molecule has 0 aromatic heterocycles. The van der Waals surface area contributed by atoms with Gasteiger partial charge in [0.2, 0.25) is 11.7 Å². The van der Waals surface area contributed by atoms with Crippen molar-refractivity contribution >= 4 is 24.3 Å². The summed E-state index contributed by atoms with van der Waals surface area (Å²) in [5.74, 6) is -1.76. The summed E-state index contributed by atoms with van der Waals surface area (Å²) in [6, 6.07) is 15.9. The number of aldehydes is 1. The first-order chi connectivity index (χ1) is 18.0. The number of hydrogen-bond donors (Lipinski definition) is 3. The Balaban J connectivity index is 1.97. The average Bonchev–Trinajstić information content (AvgIpc) is 2.87. The van der Waals surface area contributed by atoms with Gasteiger partial charge in [0, 0.05) is 6.92 Å². The Morgan fingerprint density at radius 1 is 0.974 bits per heavy atom. The quantitative estimate of drug-likeness (QED) is 0.354. The molecule has 1 heterocycles. The molecule has 0 spiro atoms. The normalized spacial score (nSPS) is 19.8. The minimum Gasteiger partial charge on any atom is -0.478 e. The van der Waals surface area contributed by atoms with Gasteiger partial charge in [0.1, 0.15) is 11.7 Å². The van der Waals surface area contributed by atoms with Crippen LogP contribution in [-0.4, -0.2) is 59.3 Å². The minimum atomic E-state index is -1.73. The minimum absolute atomic E-state index is 0.217. The fraction of sp³-hybridized carbons (Fsp3) is 0.357. The number of aliphatic hydroxyl groups is 1. The van der Waals surface area contributed by atoms with E-state index < -0.39 is 54.0 Å². The van der Waals surface area contributed by atoms with Gasteiger partial charge in [0.05, 0.1) is 12.1 Å². The van der Waals surface area contributed by atoms with Crippen molar-refractivity contribution in [3.05, 3.63) is 83.6 Å². The zero-order valence-corrected chi connectivity index (χ0v) is 21.6. The molecule has 0 aliphatic carbocycles. The highest BCUT2D eigenvalue weighted by Gasteiger charge is 2.43. The Kier molecular flexibility index (Phi) is 9.25. The van der Waals surface area contributed by atoms with Gasteiger partial charge in [-0.15, -0.1) is 0 Å². The molecule has 0 bridgehead atoms. The molecule has 2 amide bonds. The SMILES string of the molecule is CC(=O)N[C@H]1[C@H]([C@H](O)C=O)OC(C(=O)OC(c2ccccc2)c2ccccc2)=C[C@@H]1NC(=O)OC(C)(C)C. The van der Waals surface area contributed by atoms with Crippen LogP contribution in [0.2, 0.25) is 0 Å². The lowest BCUT2D eigenvalue weighted by Gasteiger charge is -2.38. The lowest BCUT2D eigenvalue weighted by atomic mass is 9.94. The first kappa shape index (κ1) is 28.4. The van der Waals surface area contributed by atoms with Crippen molar-refractivity contribution in [1.82, 2.24) is 10.6 Å². The summed E-state index contributed by atoms with van der Waals surface area (Å²) in [4.78, 5) is 49.3. The van der Waals surface area contributed by atoms with Gasteiger partial charge in [0.15, 0.2) is 18.5 Å². The summed E-state index contributed by atoms with van der Waals surface area (Å²) in [5.41, 5.74) is 0.574. The maximum atomic E-state index is 13.4. The first-order valence-electron chi connectivity index (χ1n) is 12.1. The Labute approximate surface area is 221 Å². The Bertz CT molecular complexity index is 1120. The Morgan fingerprint density at radius 3 is 2.00 bits per heavy atom. The first-order valence-corrected chi connectivity index (χ1v) is 12.1. The number of hydrogen-bond acceptors (Lipinski definition) is 8. The van der Waals surface area contributed by atoms with Crippen LogP contribution in [0.4, 0.5) is 4.79 Å². The van der Waals surface area contributed by atoms with E-state index in [9.17, 15) is 24.3 Å². The molecule has 2 aromatic rings. The Morgan fingerprint density at radius 2 is 1.53 bits per heavy atom. The molecule has 0 saturated carbocycles. The van der Waals surface area contributed by atoms with Gasteiger partial charge >= 0.3 is 12.1 Å². The number of nitrogens with one attached hydrogen (secondary N) is 2. The van der Waals surface area contributed by atoms with E-state index in [0.717, 1.165) is 0 Å². The molecule has 3 rings (SSSR count). The molecule has 0 fully saturated rings. The molecule has 38 heavy (non-hydrogen) atoms. The molecular weight excluding hydrogens is 492 g/mol. The van der Waals surface area contributed by atoms with Gasteiger partial charge in [-0.05, 0) is 38.0 Å². The van der Waals surface area contributed by atoms with Crippen molar-refractivity contribution < 1.29 is 38.5 Å². The third-order valence-electron chi connectivity index (χ3n) is 5.49. The smallest absolute Gasteiger partial charge is 0.408 e. The van der Waals surface area contributed by atoms with Crippen molar-refractivity contribution in [3.63, 3.8) is 0 Å². The van der Waals surface area contributed by atoms with E-state index >= 15 is 0 Å². The number of amides is 2. The fourth-order valence-corrected chi connectivity index (χ4v) is 3.94. The van der Waals surface area contributed by atoms with Crippen LogP contribution in [0.15, 0.2) is 72.5 Å². The zero-order chi connectivity index (χ0) is 27.9. The Hall–Kier alpha value is -4.18. The number of ether oxygens (including phenoxy) is 3. The molecule has 0 unspecified atom stereocenters. The van der Waals surface area contributed by atoms with Crippen LogP contribution in [0.25, 0.3) is 0 Å². The number of carbonyl (C=O) groups is 4. The molecule has 0 saturated heterocycles. The number of alkyl carbamates (subject to hydrolysis) is 1. The predicted octanol–water partition coefficient (Wildman–Crippen LogP) is 2.56. The second-order valence-corrected chi connectivity index (χ2v) is 9.75. The molecule has 1 aliphatic rings. The monoisotopic (exact) mass is 524 g/mol. The lowest BCUT2D eigenvalue weighted by Crippen LogP contribution is -2.62. The fourth-order valence-electron chi connectivity index (χ4n) is 3.94. The predicted molar refractivity (Wildman–Crippen MR) is 137 cm³/mol. The van der Waals surface area contributed by atoms with E-state index in [0.29, 0.717) is 11.1 Å². The average molecular weight is 525 g/mol. The molecule has 1 aliphatic heterocycles. The number of esters is 1. The van der Waals surface area contributed by atoms with Crippen molar-refractivity contribution in [3.8, 4) is 0 Å². The number of carbonyl (C=O) groups excluding carboxylic acids is 4. The van der Waals surface area contributed by atoms with Crippen LogP contribution < -0.4 is 10.6 Å². The molecule has 10 nitrogen and oxygen atoms in total. The molecule has 202 valence electrons. The van der Waals surface area contributed by atoms with E-state index in [2.05, 4.69) is 10.6 Å². The summed E-state index contributed by atoms with van der Waals surface area (Å²) in [5, 5.41) is 15.5. The van der Waals surface area contributed by atoms with Gasteiger partial charge < -0.3 is 34.7 Å². The highest BCUT2D eigenvalue weighted by atomic mass is 16.6. The third kappa shape index (κ3) is 7.66. The maximum Gasteiger partial charge on any atom is 0.408 e. The van der Waals surface area contributed by atoms with Crippen LogP contribution in [0, 0.1) is 0 Å². The lowest BCUT2D eigenvalue weighted by molar-refractivity contribution is -0.152. The van der Waals surface area contributed by atoms with Gasteiger partial charge in [0.25, 0.3) is 0 Å². The van der Waals surface area contributed by atoms with E-state index in [4.69, 9.17) is 14.2 Å². The molecule has 10 heteroatoms. The van der Waals surface area contributed by atoms with Gasteiger partial charge in [-0.3, -0.25) is 4.79 Å². The topological polar surface area (TPSA) is 140 Å². The second-order valence-electron chi connectivity index (χ2n) is 9.75. The molecule has 0 radical (unpaired) electrons. The van der Waals surface area contributed by atoms with Crippen molar-refractivity contribution in [2.24, 2.45) is 0 Å². The number of rotatable bonds is 8. The van der Waals surface area contributed by atoms with Crippen LogP contribution >= 0.6 is 0 Å². The summed E-state index contributed by atoms with van der Waals surface area (Å²) in [6.07, 6.45) is -3.30. The summed E-state index contributed by atoms with van der Waals surface area (Å²) < 4.78 is 16.8. The van der Waals surface area contributed by atoms with Gasteiger partial charge in [-0.1, -0.05) is 60.7 Å². The highest BCUT2D eigenvalue weighted by Crippen LogP contribution is 2.29. The van der Waals surface area contributed by atoms with Crippen LogP contribution in [-0.2, 0) is 28.6 Å². The molecular formula is C28H32N2O8. The van der Waals surface area contributed by atoms with Crippen LogP contribution in [0.5, 0.6) is 0 Å². The second kappa shape index (κ2) is 12.4.